The van der Waals surface area contributed by atoms with Gasteiger partial charge in [-0.15, -0.1) is 0 Å². The largest absolute Gasteiger partial charge is 0.493 e. The van der Waals surface area contributed by atoms with E-state index in [1.807, 2.05) is 0 Å². The monoisotopic (exact) mass is 211 g/mol. The lowest BCUT2D eigenvalue weighted by Crippen LogP contribution is -2.44. The summed E-state index contributed by atoms with van der Waals surface area (Å²) < 4.78 is 5.87. The Morgan fingerprint density at radius 1 is 1.13 bits per heavy atom. The first kappa shape index (κ1) is 12.6. The predicted octanol–water partition coefficient (Wildman–Crippen LogP) is 3.19. The zero-order chi connectivity index (χ0) is 11.7. The maximum absolute atomic E-state index is 5.87. The van der Waals surface area contributed by atoms with Crippen LogP contribution in [0.15, 0.2) is 11.8 Å². The van der Waals surface area contributed by atoms with Crippen molar-refractivity contribution in [1.29, 1.82) is 0 Å². The molecule has 88 valence electrons. The van der Waals surface area contributed by atoms with Crippen molar-refractivity contribution in [2.75, 3.05) is 13.1 Å². The van der Waals surface area contributed by atoms with Crippen molar-refractivity contribution in [1.82, 2.24) is 4.90 Å². The lowest BCUT2D eigenvalue weighted by atomic mass is 10.0. The van der Waals surface area contributed by atoms with Crippen LogP contribution < -0.4 is 0 Å². The second kappa shape index (κ2) is 4.17. The van der Waals surface area contributed by atoms with Crippen LogP contribution in [0.25, 0.3) is 0 Å². The van der Waals surface area contributed by atoms with Gasteiger partial charge in [0.05, 0.1) is 5.76 Å². The molecule has 0 fully saturated rings. The van der Waals surface area contributed by atoms with Gasteiger partial charge in [-0.05, 0) is 47.6 Å². The fourth-order valence-electron chi connectivity index (χ4n) is 1.75. The minimum Gasteiger partial charge on any atom is -0.493 e. The van der Waals surface area contributed by atoms with E-state index in [1.54, 1.807) is 0 Å². The summed E-state index contributed by atoms with van der Waals surface area (Å²) in [5.74, 6) is 1.16. The predicted molar refractivity (Wildman–Crippen MR) is 64.9 cm³/mol. The normalized spacial score (nSPS) is 20.0. The molecule has 0 saturated heterocycles. The highest BCUT2D eigenvalue weighted by atomic mass is 16.5. The van der Waals surface area contributed by atoms with Gasteiger partial charge < -0.3 is 4.74 Å². The Bertz CT molecular complexity index is 242. The second-order valence-corrected chi connectivity index (χ2v) is 6.25. The molecule has 2 heteroatoms. The SMILES string of the molecule is CC(C)(C)OC1=CCN(C(C)(C)C)CC1. The van der Waals surface area contributed by atoms with Gasteiger partial charge in [0.1, 0.15) is 5.60 Å². The van der Waals surface area contributed by atoms with Crippen molar-refractivity contribution in [2.45, 2.75) is 59.1 Å². The number of ether oxygens (including phenoxy) is 1. The van der Waals surface area contributed by atoms with E-state index >= 15 is 0 Å². The van der Waals surface area contributed by atoms with Crippen molar-refractivity contribution in [3.8, 4) is 0 Å². The summed E-state index contributed by atoms with van der Waals surface area (Å²) in [5, 5.41) is 0. The number of hydrogen-bond donors (Lipinski definition) is 0. The first-order valence-electron chi connectivity index (χ1n) is 5.81. The maximum Gasteiger partial charge on any atom is 0.100 e. The van der Waals surface area contributed by atoms with Gasteiger partial charge in [-0.3, -0.25) is 4.90 Å². The molecule has 1 aliphatic heterocycles. The summed E-state index contributed by atoms with van der Waals surface area (Å²) in [6, 6.07) is 0. The van der Waals surface area contributed by atoms with Crippen LogP contribution in [0, 0.1) is 0 Å². The van der Waals surface area contributed by atoms with Gasteiger partial charge in [0, 0.05) is 25.0 Å². The van der Waals surface area contributed by atoms with Crippen LogP contribution in [0.4, 0.5) is 0 Å². The third-order valence-corrected chi connectivity index (χ3v) is 2.55. The molecule has 0 saturated carbocycles. The molecule has 0 atom stereocenters. The van der Waals surface area contributed by atoms with Crippen molar-refractivity contribution in [2.24, 2.45) is 0 Å². The molecule has 0 aromatic heterocycles. The Morgan fingerprint density at radius 3 is 2.07 bits per heavy atom. The molecule has 0 spiro atoms. The van der Waals surface area contributed by atoms with Crippen LogP contribution in [0.1, 0.15) is 48.0 Å². The van der Waals surface area contributed by atoms with Crippen LogP contribution in [0.5, 0.6) is 0 Å². The fraction of sp³-hybridized carbons (Fsp3) is 0.846. The van der Waals surface area contributed by atoms with Gasteiger partial charge in [-0.2, -0.15) is 0 Å². The summed E-state index contributed by atoms with van der Waals surface area (Å²) in [4.78, 5) is 2.47. The summed E-state index contributed by atoms with van der Waals surface area (Å²) >= 11 is 0. The molecule has 0 aromatic carbocycles. The molecule has 0 amide bonds. The van der Waals surface area contributed by atoms with Crippen molar-refractivity contribution in [3.05, 3.63) is 11.8 Å². The van der Waals surface area contributed by atoms with Crippen molar-refractivity contribution >= 4 is 0 Å². The molecule has 1 aliphatic rings. The van der Waals surface area contributed by atoms with Gasteiger partial charge in [0.2, 0.25) is 0 Å². The molecule has 0 radical (unpaired) electrons. The highest BCUT2D eigenvalue weighted by Gasteiger charge is 2.24. The Kier molecular flexibility index (Phi) is 3.49. The molecular weight excluding hydrogens is 186 g/mol. The third-order valence-electron chi connectivity index (χ3n) is 2.55. The van der Waals surface area contributed by atoms with Crippen LogP contribution in [-0.4, -0.2) is 29.1 Å². The summed E-state index contributed by atoms with van der Waals surface area (Å²) in [6.07, 6.45) is 3.26. The zero-order valence-corrected chi connectivity index (χ0v) is 11.1. The molecule has 0 aromatic rings. The number of nitrogens with zero attached hydrogens (tertiary/aromatic N) is 1. The molecule has 2 nitrogen and oxygen atoms in total. The smallest absolute Gasteiger partial charge is 0.100 e. The molecule has 1 rings (SSSR count). The van der Waals surface area contributed by atoms with Crippen LogP contribution >= 0.6 is 0 Å². The third kappa shape index (κ3) is 4.25. The lowest BCUT2D eigenvalue weighted by Gasteiger charge is -2.38. The highest BCUT2D eigenvalue weighted by molar-refractivity contribution is 5.03. The first-order valence-corrected chi connectivity index (χ1v) is 5.81. The Balaban J connectivity index is 2.53. The van der Waals surface area contributed by atoms with Crippen molar-refractivity contribution < 1.29 is 4.74 Å². The van der Waals surface area contributed by atoms with Gasteiger partial charge in [-0.25, -0.2) is 0 Å². The molecule has 0 unspecified atom stereocenters. The topological polar surface area (TPSA) is 12.5 Å². The minimum absolute atomic E-state index is 0.0598. The molecule has 0 N–H and O–H groups in total. The summed E-state index contributed by atoms with van der Waals surface area (Å²) in [7, 11) is 0. The first-order chi connectivity index (χ1) is 6.68. The number of hydrogen-bond acceptors (Lipinski definition) is 2. The molecular formula is C13H25NO. The Labute approximate surface area is 94.3 Å². The van der Waals surface area contributed by atoms with Gasteiger partial charge in [0.25, 0.3) is 0 Å². The van der Waals surface area contributed by atoms with E-state index in [0.717, 1.165) is 25.3 Å². The summed E-state index contributed by atoms with van der Waals surface area (Å²) in [6.45, 7) is 15.2. The van der Waals surface area contributed by atoms with Crippen molar-refractivity contribution in [3.63, 3.8) is 0 Å². The second-order valence-electron chi connectivity index (χ2n) is 6.25. The average molecular weight is 211 g/mol. The van der Waals surface area contributed by atoms with Crippen LogP contribution in [0.2, 0.25) is 0 Å². The molecule has 0 aliphatic carbocycles. The van der Waals surface area contributed by atoms with E-state index in [9.17, 15) is 0 Å². The average Bonchev–Trinajstić information content (AvgIpc) is 2.00. The van der Waals surface area contributed by atoms with E-state index in [0.29, 0.717) is 0 Å². The highest BCUT2D eigenvalue weighted by Crippen LogP contribution is 2.23. The fourth-order valence-corrected chi connectivity index (χ4v) is 1.75. The molecule has 15 heavy (non-hydrogen) atoms. The van der Waals surface area contributed by atoms with E-state index in [4.69, 9.17) is 4.74 Å². The zero-order valence-electron chi connectivity index (χ0n) is 11.1. The maximum atomic E-state index is 5.87. The van der Waals surface area contributed by atoms with Gasteiger partial charge >= 0.3 is 0 Å². The van der Waals surface area contributed by atoms with E-state index in [2.05, 4.69) is 52.5 Å². The quantitative estimate of drug-likeness (QED) is 0.660. The number of rotatable bonds is 1. The van der Waals surface area contributed by atoms with E-state index < -0.39 is 0 Å². The lowest BCUT2D eigenvalue weighted by molar-refractivity contribution is 0.0323. The van der Waals surface area contributed by atoms with Gasteiger partial charge in [0.15, 0.2) is 0 Å². The van der Waals surface area contributed by atoms with Gasteiger partial charge in [-0.1, -0.05) is 0 Å². The van der Waals surface area contributed by atoms with Crippen LogP contribution in [-0.2, 0) is 4.74 Å². The molecule has 0 bridgehead atoms. The minimum atomic E-state index is -0.0598. The standard InChI is InChI=1S/C13H25NO/c1-12(2,3)14-9-7-11(8-10-14)15-13(4,5)6/h7H,8-10H2,1-6H3. The molecule has 1 heterocycles. The Morgan fingerprint density at radius 2 is 1.73 bits per heavy atom. The van der Waals surface area contributed by atoms with E-state index in [-0.39, 0.29) is 11.1 Å². The van der Waals surface area contributed by atoms with Crippen LogP contribution in [0.3, 0.4) is 0 Å². The summed E-state index contributed by atoms with van der Waals surface area (Å²) in [5.41, 5.74) is 0.208. The Hall–Kier alpha value is -0.500. The van der Waals surface area contributed by atoms with E-state index in [1.165, 1.54) is 0 Å².